The van der Waals surface area contributed by atoms with E-state index in [1.54, 1.807) is 0 Å². The molecule has 1 aromatic carbocycles. The number of amides is 1. The fraction of sp³-hybridized carbons (Fsp3) is 0.375. The Kier molecular flexibility index (Phi) is 6.63. The molecule has 0 saturated heterocycles. The van der Waals surface area contributed by atoms with Crippen LogP contribution in [0.5, 0.6) is 0 Å². The van der Waals surface area contributed by atoms with Gasteiger partial charge in [-0.2, -0.15) is 0 Å². The number of rotatable bonds is 6. The zero-order valence-corrected chi connectivity index (χ0v) is 15.3. The third-order valence-corrected chi connectivity index (χ3v) is 5.13. The predicted octanol–water partition coefficient (Wildman–Crippen LogP) is 2.84. The van der Waals surface area contributed by atoms with E-state index in [0.717, 1.165) is 24.2 Å². The van der Waals surface area contributed by atoms with E-state index in [2.05, 4.69) is 20.8 Å². The number of carbonyl (C=O) groups is 2. The Balaban J connectivity index is 0.00000243. The monoisotopic (exact) mass is 400 g/mol. The smallest absolute Gasteiger partial charge is 0.323 e. The van der Waals surface area contributed by atoms with Crippen LogP contribution in [0.25, 0.3) is 0 Å². The fourth-order valence-corrected chi connectivity index (χ4v) is 3.50. The average molecular weight is 401 g/mol. The van der Waals surface area contributed by atoms with Crippen LogP contribution in [0.2, 0.25) is 0 Å². The Morgan fingerprint density at radius 3 is 2.46 bits per heavy atom. The molecule has 0 bridgehead atoms. The lowest BCUT2D eigenvalue weighted by atomic mass is 9.98. The largest absolute Gasteiger partial charge is 0.480 e. The van der Waals surface area contributed by atoms with Gasteiger partial charge in [0.1, 0.15) is 16.4 Å². The molecular weight excluding hydrogens is 383 g/mol. The summed E-state index contributed by atoms with van der Waals surface area (Å²) in [4.78, 5) is 23.6. The maximum Gasteiger partial charge on any atom is 0.323 e. The number of nitrogens with one attached hydrogen (secondary N) is 2. The zero-order valence-electron chi connectivity index (χ0n) is 13.7. The highest BCUT2D eigenvalue weighted by Gasteiger charge is 2.40. The van der Waals surface area contributed by atoms with E-state index in [1.807, 2.05) is 0 Å². The average Bonchev–Trinajstić information content (AvgIpc) is 3.25. The molecule has 0 unspecified atom stereocenters. The lowest BCUT2D eigenvalue weighted by Crippen LogP contribution is -2.49. The minimum atomic E-state index is -0.914. The third-order valence-electron chi connectivity index (χ3n) is 4.21. The van der Waals surface area contributed by atoms with Gasteiger partial charge in [-0.15, -0.1) is 22.6 Å². The van der Waals surface area contributed by atoms with Crippen LogP contribution < -0.4 is 10.6 Å². The summed E-state index contributed by atoms with van der Waals surface area (Å²) in [5.74, 6) is -1.69. The van der Waals surface area contributed by atoms with E-state index in [4.69, 9.17) is 0 Å². The Bertz CT molecular complexity index is 778. The van der Waals surface area contributed by atoms with Gasteiger partial charge in [0.05, 0.1) is 6.54 Å². The number of anilines is 1. The van der Waals surface area contributed by atoms with E-state index >= 15 is 0 Å². The van der Waals surface area contributed by atoms with Gasteiger partial charge in [0, 0.05) is 5.69 Å². The minimum Gasteiger partial charge on any atom is -0.480 e. The van der Waals surface area contributed by atoms with Crippen molar-refractivity contribution in [3.63, 3.8) is 0 Å². The molecular formula is C16H18ClFN4O3S. The van der Waals surface area contributed by atoms with Crippen molar-refractivity contribution in [3.8, 4) is 0 Å². The van der Waals surface area contributed by atoms with Crippen LogP contribution in [0.4, 0.5) is 10.1 Å². The molecule has 3 rings (SSSR count). The molecule has 3 N–H and O–H groups in total. The van der Waals surface area contributed by atoms with Crippen LogP contribution in [-0.2, 0) is 11.3 Å². The standard InChI is InChI=1S/C16H17FN4O3S.ClH/c17-10-3-5-11(6-4-10)19-13(22)14-21-20-12(25-14)9-18-16(15(23)24)7-1-2-8-16;/h3-6,18H,1-2,7-9H2,(H,19,22)(H,23,24);1H. The number of hydrogen-bond donors (Lipinski definition) is 3. The van der Waals surface area contributed by atoms with Crippen molar-refractivity contribution in [2.75, 3.05) is 5.32 Å². The Hall–Kier alpha value is -2.10. The third kappa shape index (κ3) is 4.54. The van der Waals surface area contributed by atoms with Crippen LogP contribution in [0, 0.1) is 5.82 Å². The Labute approximate surface area is 159 Å². The molecule has 1 aromatic heterocycles. The summed E-state index contributed by atoms with van der Waals surface area (Å²) in [6.07, 6.45) is 2.92. The molecule has 1 aliphatic carbocycles. The van der Waals surface area contributed by atoms with Gasteiger partial charge < -0.3 is 10.4 Å². The molecule has 26 heavy (non-hydrogen) atoms. The van der Waals surface area contributed by atoms with Crippen molar-refractivity contribution in [1.29, 1.82) is 0 Å². The van der Waals surface area contributed by atoms with Gasteiger partial charge in [-0.3, -0.25) is 14.9 Å². The Morgan fingerprint density at radius 1 is 1.19 bits per heavy atom. The molecule has 1 heterocycles. The van der Waals surface area contributed by atoms with Gasteiger partial charge in [-0.25, -0.2) is 4.39 Å². The van der Waals surface area contributed by atoms with Crippen molar-refractivity contribution in [1.82, 2.24) is 15.5 Å². The highest BCUT2D eigenvalue weighted by molar-refractivity contribution is 7.13. The van der Waals surface area contributed by atoms with E-state index in [9.17, 15) is 19.1 Å². The summed E-state index contributed by atoms with van der Waals surface area (Å²) in [6.45, 7) is 0.244. The second-order valence-electron chi connectivity index (χ2n) is 5.91. The van der Waals surface area contributed by atoms with Crippen molar-refractivity contribution in [3.05, 3.63) is 40.1 Å². The molecule has 10 heteroatoms. The van der Waals surface area contributed by atoms with Crippen molar-refractivity contribution in [2.24, 2.45) is 0 Å². The van der Waals surface area contributed by atoms with Gasteiger partial charge in [-0.05, 0) is 37.1 Å². The molecule has 0 radical (unpaired) electrons. The first kappa shape index (κ1) is 20.2. The summed E-state index contributed by atoms with van der Waals surface area (Å²) in [5, 5.41) is 23.6. The number of hydrogen-bond acceptors (Lipinski definition) is 6. The molecule has 1 aliphatic rings. The number of carbonyl (C=O) groups excluding carboxylic acids is 1. The van der Waals surface area contributed by atoms with Gasteiger partial charge in [0.15, 0.2) is 0 Å². The first-order chi connectivity index (χ1) is 12.0. The topological polar surface area (TPSA) is 104 Å². The van der Waals surface area contributed by atoms with Crippen LogP contribution in [0.3, 0.4) is 0 Å². The van der Waals surface area contributed by atoms with Gasteiger partial charge in [0.25, 0.3) is 5.91 Å². The molecule has 2 aromatic rings. The molecule has 1 amide bonds. The van der Waals surface area contributed by atoms with E-state index < -0.39 is 17.4 Å². The van der Waals surface area contributed by atoms with Gasteiger partial charge in [-0.1, -0.05) is 24.2 Å². The van der Waals surface area contributed by atoms with Gasteiger partial charge in [0.2, 0.25) is 5.01 Å². The van der Waals surface area contributed by atoms with Gasteiger partial charge >= 0.3 is 5.97 Å². The number of carboxylic acids is 1. The lowest BCUT2D eigenvalue weighted by molar-refractivity contribution is -0.144. The van der Waals surface area contributed by atoms with Crippen LogP contribution in [0.1, 0.15) is 40.5 Å². The van der Waals surface area contributed by atoms with Crippen molar-refractivity contribution >= 4 is 41.3 Å². The molecule has 1 saturated carbocycles. The molecule has 0 spiro atoms. The number of nitrogens with zero attached hydrogens (tertiary/aromatic N) is 2. The normalized spacial score (nSPS) is 15.3. The first-order valence-electron chi connectivity index (χ1n) is 7.86. The SMILES string of the molecule is Cl.O=C(Nc1ccc(F)cc1)c1nnc(CNC2(C(=O)O)CCCC2)s1. The number of halogens is 2. The predicted molar refractivity (Wildman–Crippen MR) is 97.2 cm³/mol. The summed E-state index contributed by atoms with van der Waals surface area (Å²) < 4.78 is 12.9. The molecule has 0 aliphatic heterocycles. The number of aliphatic carboxylic acids is 1. The maximum atomic E-state index is 12.9. The molecule has 1 fully saturated rings. The maximum absolute atomic E-state index is 12.9. The lowest BCUT2D eigenvalue weighted by Gasteiger charge is -2.24. The summed E-state index contributed by atoms with van der Waals surface area (Å²) in [5.41, 5.74) is -0.459. The van der Waals surface area contributed by atoms with E-state index in [0.29, 0.717) is 23.5 Å². The van der Waals surface area contributed by atoms with E-state index in [1.165, 1.54) is 24.3 Å². The van der Waals surface area contributed by atoms with Crippen LogP contribution in [-0.4, -0.2) is 32.7 Å². The Morgan fingerprint density at radius 2 is 1.85 bits per heavy atom. The van der Waals surface area contributed by atoms with Crippen molar-refractivity contribution in [2.45, 2.75) is 37.8 Å². The summed E-state index contributed by atoms with van der Waals surface area (Å²) in [6, 6.07) is 5.40. The number of benzene rings is 1. The quantitative estimate of drug-likeness (QED) is 0.688. The second-order valence-corrected chi connectivity index (χ2v) is 6.97. The highest BCUT2D eigenvalue weighted by atomic mass is 35.5. The van der Waals surface area contributed by atoms with Crippen molar-refractivity contribution < 1.29 is 19.1 Å². The molecule has 7 nitrogen and oxygen atoms in total. The number of aromatic nitrogens is 2. The van der Waals surface area contributed by atoms with Crippen LogP contribution in [0.15, 0.2) is 24.3 Å². The first-order valence-corrected chi connectivity index (χ1v) is 8.68. The highest BCUT2D eigenvalue weighted by Crippen LogP contribution is 2.30. The second kappa shape index (κ2) is 8.52. The van der Waals surface area contributed by atoms with E-state index in [-0.39, 0.29) is 29.8 Å². The number of carboxylic acid groups (broad SMARTS) is 1. The van der Waals surface area contributed by atoms with Crippen LogP contribution >= 0.6 is 23.7 Å². The molecule has 140 valence electrons. The molecule has 0 atom stereocenters. The summed E-state index contributed by atoms with van der Waals surface area (Å²) >= 11 is 1.09. The zero-order chi connectivity index (χ0) is 17.9. The minimum absolute atomic E-state index is 0. The summed E-state index contributed by atoms with van der Waals surface area (Å²) in [7, 11) is 0. The fourth-order valence-electron chi connectivity index (χ4n) is 2.82.